The highest BCUT2D eigenvalue weighted by molar-refractivity contribution is 9.11. The smallest absolute Gasteiger partial charge is 0.416 e. The molecule has 2 atom stereocenters. The Morgan fingerprint density at radius 2 is 1.96 bits per heavy atom. The van der Waals surface area contributed by atoms with Gasteiger partial charge in [0.15, 0.2) is 0 Å². The maximum Gasteiger partial charge on any atom is 0.416 e. The summed E-state index contributed by atoms with van der Waals surface area (Å²) in [6.07, 6.45) is -4.60. The van der Waals surface area contributed by atoms with E-state index >= 15 is 0 Å². The highest BCUT2D eigenvalue weighted by atomic mass is 79.9. The summed E-state index contributed by atoms with van der Waals surface area (Å²) in [4.78, 5) is 4.24. The Hall–Kier alpha value is -1.43. The van der Waals surface area contributed by atoms with Gasteiger partial charge >= 0.3 is 6.18 Å². The number of nitrogens with zero attached hydrogens (tertiary/aromatic N) is 2. The van der Waals surface area contributed by atoms with Crippen molar-refractivity contribution in [1.29, 1.82) is 0 Å². The quantitative estimate of drug-likeness (QED) is 0.454. The number of fused-ring (bicyclic) bond motifs is 1. The van der Waals surface area contributed by atoms with Crippen molar-refractivity contribution < 1.29 is 17.4 Å². The predicted molar refractivity (Wildman–Crippen MR) is 105 cm³/mol. The molecule has 0 spiro atoms. The van der Waals surface area contributed by atoms with Crippen LogP contribution in [0.3, 0.4) is 0 Å². The van der Waals surface area contributed by atoms with Gasteiger partial charge in [-0.05, 0) is 52.3 Å². The maximum absolute atomic E-state index is 12.9. The minimum Gasteiger partial charge on any atom is -0.758 e. The van der Waals surface area contributed by atoms with Gasteiger partial charge in [0.2, 0.25) is 0 Å². The van der Waals surface area contributed by atoms with Crippen molar-refractivity contribution in [1.82, 2.24) is 0 Å². The number of aliphatic imine (C=N–C) groups is 1. The minimum atomic E-state index is -4.60. The number of rotatable bonds is 2. The Kier molecular flexibility index (Phi) is 5.67. The summed E-state index contributed by atoms with van der Waals surface area (Å²) in [6, 6.07) is 7.75. The molecule has 2 aromatic carbocycles. The standard InChI is InChI=1S/C16H11Br2F3N3O2S/c17-9-2-3-10(18)11(6-9)23-15(22)14-7-24(25)12-5-8(16(19,20)21)1-4-13(12)27(14)26/h1-6,14H,7H2,(H2,22,23)/q-1. The molecule has 0 fully saturated rings. The molecule has 0 saturated heterocycles. The average molecular weight is 526 g/mol. The first-order valence-electron chi connectivity index (χ1n) is 7.43. The number of nitrogens with two attached hydrogens (primary N) is 1. The Labute approximate surface area is 171 Å². The average Bonchev–Trinajstić information content (AvgIpc) is 2.60. The van der Waals surface area contributed by atoms with E-state index in [1.165, 1.54) is 0 Å². The van der Waals surface area contributed by atoms with Gasteiger partial charge in [-0.2, -0.15) is 13.2 Å². The van der Waals surface area contributed by atoms with E-state index in [0.29, 0.717) is 21.3 Å². The van der Waals surface area contributed by atoms with Crippen molar-refractivity contribution >= 4 is 59.9 Å². The van der Waals surface area contributed by atoms with Gasteiger partial charge in [0.25, 0.3) is 0 Å². The summed E-state index contributed by atoms with van der Waals surface area (Å²) in [5, 5.41) is 11.7. The third kappa shape index (κ3) is 4.20. The van der Waals surface area contributed by atoms with E-state index in [4.69, 9.17) is 5.73 Å². The number of alkyl halides is 3. The Bertz CT molecular complexity index is 953. The number of benzene rings is 2. The third-order valence-corrected chi connectivity index (χ3v) is 6.70. The van der Waals surface area contributed by atoms with Gasteiger partial charge in [-0.1, -0.05) is 15.9 Å². The van der Waals surface area contributed by atoms with Crippen molar-refractivity contribution in [2.45, 2.75) is 16.3 Å². The van der Waals surface area contributed by atoms with Gasteiger partial charge in [0.1, 0.15) is 11.1 Å². The molecule has 5 nitrogen and oxygen atoms in total. The van der Waals surface area contributed by atoms with Crippen molar-refractivity contribution in [2.75, 3.05) is 11.6 Å². The van der Waals surface area contributed by atoms with E-state index in [9.17, 15) is 22.6 Å². The molecule has 11 heteroatoms. The second-order valence-corrected chi connectivity index (χ2v) is 9.03. The lowest BCUT2D eigenvalue weighted by molar-refractivity contribution is -0.137. The molecule has 0 aromatic heterocycles. The van der Waals surface area contributed by atoms with E-state index < -0.39 is 27.8 Å². The highest BCUT2D eigenvalue weighted by Gasteiger charge is 2.35. The molecular formula is C16H11Br2F3N3O2S-. The van der Waals surface area contributed by atoms with E-state index in [-0.39, 0.29) is 23.0 Å². The van der Waals surface area contributed by atoms with Crippen LogP contribution in [0, 0.1) is 5.21 Å². The molecular weight excluding hydrogens is 515 g/mol. The van der Waals surface area contributed by atoms with Crippen LogP contribution in [-0.4, -0.2) is 21.8 Å². The van der Waals surface area contributed by atoms with E-state index in [0.717, 1.165) is 16.6 Å². The molecule has 0 radical (unpaired) electrons. The van der Waals surface area contributed by atoms with Crippen LogP contribution in [0.1, 0.15) is 5.56 Å². The first kappa shape index (κ1) is 20.3. The van der Waals surface area contributed by atoms with Gasteiger partial charge < -0.3 is 16.0 Å². The molecule has 27 heavy (non-hydrogen) atoms. The van der Waals surface area contributed by atoms with Crippen LogP contribution in [0.5, 0.6) is 0 Å². The first-order chi connectivity index (χ1) is 12.6. The van der Waals surface area contributed by atoms with Crippen LogP contribution in [0.25, 0.3) is 0 Å². The largest absolute Gasteiger partial charge is 0.758 e. The zero-order valence-electron chi connectivity index (χ0n) is 13.3. The maximum atomic E-state index is 12.9. The second-order valence-electron chi connectivity index (χ2n) is 5.66. The van der Waals surface area contributed by atoms with Crippen LogP contribution >= 0.6 is 31.9 Å². The SMILES string of the molecule is NC(=Nc1cc(Br)ccc1Br)C1CN([O-])c2cc(C(F)(F)F)ccc2S1=O. The fourth-order valence-corrected chi connectivity index (χ4v) is 4.62. The van der Waals surface area contributed by atoms with Crippen molar-refractivity contribution in [3.63, 3.8) is 0 Å². The molecule has 0 bridgehead atoms. The summed E-state index contributed by atoms with van der Waals surface area (Å²) in [5.74, 6) is -0.0430. The first-order valence-corrected chi connectivity index (χ1v) is 10.2. The predicted octanol–water partition coefficient (Wildman–Crippen LogP) is 4.71. The zero-order valence-corrected chi connectivity index (χ0v) is 17.3. The van der Waals surface area contributed by atoms with E-state index in [1.807, 2.05) is 0 Å². The van der Waals surface area contributed by atoms with Gasteiger partial charge in [-0.3, -0.25) is 4.21 Å². The lowest BCUT2D eigenvalue weighted by Gasteiger charge is -2.40. The number of amidine groups is 1. The van der Waals surface area contributed by atoms with Crippen molar-refractivity contribution in [3.8, 4) is 0 Å². The number of anilines is 1. The lowest BCUT2D eigenvalue weighted by Crippen LogP contribution is -2.44. The lowest BCUT2D eigenvalue weighted by atomic mass is 10.2. The topological polar surface area (TPSA) is 81.8 Å². The summed E-state index contributed by atoms with van der Waals surface area (Å²) in [7, 11) is -1.82. The van der Waals surface area contributed by atoms with Crippen LogP contribution in [0.4, 0.5) is 24.5 Å². The highest BCUT2D eigenvalue weighted by Crippen LogP contribution is 2.38. The molecule has 2 N–H and O–H groups in total. The number of hydroxylamine groups is 1. The fraction of sp³-hybridized carbons (Fsp3) is 0.188. The second kappa shape index (κ2) is 7.53. The van der Waals surface area contributed by atoms with E-state index in [2.05, 4.69) is 36.9 Å². The van der Waals surface area contributed by atoms with Gasteiger partial charge in [0, 0.05) is 21.2 Å². The third-order valence-electron chi connectivity index (χ3n) is 3.85. The summed E-state index contributed by atoms with van der Waals surface area (Å²) in [5.41, 5.74) is 5.21. The van der Waals surface area contributed by atoms with Crippen LogP contribution < -0.4 is 10.8 Å². The molecule has 0 saturated carbocycles. The van der Waals surface area contributed by atoms with Crippen LogP contribution in [0.15, 0.2) is 55.2 Å². The molecule has 144 valence electrons. The molecule has 3 rings (SSSR count). The number of hydrogen-bond acceptors (Lipinski definition) is 4. The minimum absolute atomic E-state index is 0.000655. The van der Waals surface area contributed by atoms with Crippen molar-refractivity contribution in [2.24, 2.45) is 10.7 Å². The van der Waals surface area contributed by atoms with E-state index in [1.54, 1.807) is 18.2 Å². The molecule has 1 heterocycles. The zero-order chi connectivity index (χ0) is 19.9. The van der Waals surface area contributed by atoms with Crippen molar-refractivity contribution in [3.05, 3.63) is 56.1 Å². The number of halogens is 5. The molecule has 2 aromatic rings. The number of hydrogen-bond donors (Lipinski definition) is 1. The van der Waals surface area contributed by atoms with Gasteiger partial charge in [0.05, 0.1) is 26.9 Å². The van der Waals surface area contributed by atoms with Gasteiger partial charge in [-0.15, -0.1) is 0 Å². The molecule has 0 aliphatic carbocycles. The van der Waals surface area contributed by atoms with Crippen LogP contribution in [0.2, 0.25) is 0 Å². The normalized spacial score (nSPS) is 20.5. The molecule has 1 aliphatic rings. The summed E-state index contributed by atoms with van der Waals surface area (Å²) in [6.45, 7) is -0.359. The van der Waals surface area contributed by atoms with Gasteiger partial charge in [-0.25, -0.2) is 4.99 Å². The monoisotopic (exact) mass is 524 g/mol. The molecule has 0 amide bonds. The fourth-order valence-electron chi connectivity index (χ4n) is 2.51. The molecule has 2 unspecified atom stereocenters. The Balaban J connectivity index is 1.97. The Morgan fingerprint density at radius 3 is 2.63 bits per heavy atom. The Morgan fingerprint density at radius 1 is 1.26 bits per heavy atom. The summed E-state index contributed by atoms with van der Waals surface area (Å²) < 4.78 is 52.7. The summed E-state index contributed by atoms with van der Waals surface area (Å²) >= 11 is 6.63. The molecule has 1 aliphatic heterocycles. The van der Waals surface area contributed by atoms with Crippen LogP contribution in [-0.2, 0) is 17.0 Å².